The summed E-state index contributed by atoms with van der Waals surface area (Å²) in [7, 11) is 0. The molecule has 0 amide bonds. The van der Waals surface area contributed by atoms with Crippen LogP contribution in [0.1, 0.15) is 0 Å². The van der Waals surface area contributed by atoms with Crippen LogP contribution in [0.4, 0.5) is 0 Å². The molecule has 3 aromatic rings. The molecule has 1 aromatic heterocycles. The Morgan fingerprint density at radius 3 is 2.44 bits per heavy atom. The van der Waals surface area contributed by atoms with Gasteiger partial charge in [0.2, 0.25) is 0 Å². The maximum atomic E-state index is 5.86. The van der Waals surface area contributed by atoms with E-state index in [1.807, 2.05) is 48.5 Å². The quantitative estimate of drug-likeness (QED) is 0.637. The van der Waals surface area contributed by atoms with E-state index in [2.05, 4.69) is 11.1 Å². The van der Waals surface area contributed by atoms with E-state index in [0.29, 0.717) is 0 Å². The summed E-state index contributed by atoms with van der Waals surface area (Å²) in [6, 6.07) is 19.2. The van der Waals surface area contributed by atoms with Gasteiger partial charge in [-0.2, -0.15) is 0 Å². The third-order valence-electron chi connectivity index (χ3n) is 2.58. The molecule has 3 rings (SSSR count). The van der Waals surface area contributed by atoms with Crippen molar-refractivity contribution >= 4 is 22.5 Å². The molecule has 16 heavy (non-hydrogen) atoms. The maximum absolute atomic E-state index is 5.86. The summed E-state index contributed by atoms with van der Waals surface area (Å²) in [6.45, 7) is 0. The fourth-order valence-electron chi connectivity index (χ4n) is 1.76. The Labute approximate surface area is 98.7 Å². The lowest BCUT2D eigenvalue weighted by Crippen LogP contribution is -1.75. The molecule has 1 radical (unpaired) electrons. The van der Waals surface area contributed by atoms with Crippen LogP contribution in [-0.4, -0.2) is 4.98 Å². The Hall–Kier alpha value is -1.73. The molecule has 0 atom stereocenters. The first-order valence-electron chi connectivity index (χ1n) is 5.09. The Morgan fingerprint density at radius 1 is 0.938 bits per heavy atom. The first kappa shape index (κ1) is 9.49. The molecule has 2 aromatic carbocycles. The highest BCUT2D eigenvalue weighted by atomic mass is 35.5. The number of hydrogen-bond donors (Lipinski definition) is 1. The number of nitrogens with one attached hydrogen (secondary N) is 1. The van der Waals surface area contributed by atoms with E-state index in [9.17, 15) is 0 Å². The van der Waals surface area contributed by atoms with E-state index in [1.165, 1.54) is 0 Å². The fraction of sp³-hybridized carbons (Fsp3) is 0. The van der Waals surface area contributed by atoms with Crippen molar-refractivity contribution in [2.75, 3.05) is 0 Å². The van der Waals surface area contributed by atoms with Crippen LogP contribution in [0.3, 0.4) is 0 Å². The highest BCUT2D eigenvalue weighted by Gasteiger charge is 2.02. The third kappa shape index (κ3) is 1.59. The second kappa shape index (κ2) is 3.69. The van der Waals surface area contributed by atoms with E-state index in [0.717, 1.165) is 27.2 Å². The van der Waals surface area contributed by atoms with Gasteiger partial charge in [-0.15, -0.1) is 0 Å². The number of rotatable bonds is 1. The maximum Gasteiger partial charge on any atom is 0.0545 e. The molecule has 1 heterocycles. The van der Waals surface area contributed by atoms with Gasteiger partial charge in [-0.25, -0.2) is 0 Å². The summed E-state index contributed by atoms with van der Waals surface area (Å²) in [4.78, 5) is 3.33. The van der Waals surface area contributed by atoms with Gasteiger partial charge in [-0.3, -0.25) is 0 Å². The number of H-pyrrole nitrogens is 1. The van der Waals surface area contributed by atoms with Gasteiger partial charge in [0.25, 0.3) is 0 Å². The predicted molar refractivity (Wildman–Crippen MR) is 67.6 cm³/mol. The zero-order valence-corrected chi connectivity index (χ0v) is 9.25. The van der Waals surface area contributed by atoms with Gasteiger partial charge in [0.05, 0.1) is 5.69 Å². The predicted octanol–water partition coefficient (Wildman–Crippen LogP) is 4.29. The highest BCUT2D eigenvalue weighted by molar-refractivity contribution is 6.30. The van der Waals surface area contributed by atoms with Gasteiger partial charge in [0, 0.05) is 22.0 Å². The molecule has 0 spiro atoms. The number of halogens is 1. The second-order valence-electron chi connectivity index (χ2n) is 3.68. The SMILES string of the molecule is Clc1ccc(-c2[c]c3ccccc3[nH]2)cc1. The molecule has 0 saturated carbocycles. The van der Waals surface area contributed by atoms with Crippen LogP contribution in [0, 0.1) is 6.07 Å². The first-order chi connectivity index (χ1) is 7.83. The molecule has 0 unspecified atom stereocenters. The summed E-state index contributed by atoms with van der Waals surface area (Å²) in [5, 5.41) is 1.85. The highest BCUT2D eigenvalue weighted by Crippen LogP contribution is 2.24. The largest absolute Gasteiger partial charge is 0.354 e. The van der Waals surface area contributed by atoms with Crippen LogP contribution in [-0.2, 0) is 0 Å². The van der Waals surface area contributed by atoms with Crippen molar-refractivity contribution in [2.24, 2.45) is 0 Å². The van der Waals surface area contributed by atoms with Crippen molar-refractivity contribution in [3.05, 3.63) is 59.6 Å². The van der Waals surface area contributed by atoms with Crippen molar-refractivity contribution in [1.29, 1.82) is 0 Å². The van der Waals surface area contributed by atoms with Crippen LogP contribution in [0.15, 0.2) is 48.5 Å². The molecule has 2 heteroatoms. The Kier molecular flexibility index (Phi) is 2.19. The molecule has 0 aliphatic rings. The Morgan fingerprint density at radius 2 is 1.69 bits per heavy atom. The number of aromatic amines is 1. The van der Waals surface area contributed by atoms with Gasteiger partial charge in [0.15, 0.2) is 0 Å². The number of aromatic nitrogens is 1. The normalized spacial score (nSPS) is 10.8. The lowest BCUT2D eigenvalue weighted by molar-refractivity contribution is 1.45. The van der Waals surface area contributed by atoms with E-state index >= 15 is 0 Å². The monoisotopic (exact) mass is 226 g/mol. The van der Waals surface area contributed by atoms with Crippen LogP contribution < -0.4 is 0 Å². The summed E-state index contributed by atoms with van der Waals surface area (Å²) < 4.78 is 0. The molecule has 1 nitrogen and oxygen atoms in total. The Bertz CT molecular complexity index is 590. The van der Waals surface area contributed by atoms with Crippen LogP contribution in [0.25, 0.3) is 22.2 Å². The van der Waals surface area contributed by atoms with Gasteiger partial charge in [-0.1, -0.05) is 41.9 Å². The molecule has 77 valence electrons. The number of para-hydroxylation sites is 1. The van der Waals surface area contributed by atoms with Gasteiger partial charge < -0.3 is 4.98 Å². The minimum absolute atomic E-state index is 0.750. The summed E-state index contributed by atoms with van der Waals surface area (Å²) in [6.07, 6.45) is 0. The lowest BCUT2D eigenvalue weighted by atomic mass is 10.1. The van der Waals surface area contributed by atoms with Crippen LogP contribution >= 0.6 is 11.6 Å². The van der Waals surface area contributed by atoms with E-state index in [4.69, 9.17) is 11.6 Å². The van der Waals surface area contributed by atoms with Crippen molar-refractivity contribution in [3.8, 4) is 11.3 Å². The minimum Gasteiger partial charge on any atom is -0.354 e. The second-order valence-corrected chi connectivity index (χ2v) is 4.11. The zero-order chi connectivity index (χ0) is 11.0. The van der Waals surface area contributed by atoms with E-state index in [-0.39, 0.29) is 0 Å². The number of benzene rings is 2. The van der Waals surface area contributed by atoms with Crippen molar-refractivity contribution in [2.45, 2.75) is 0 Å². The molecule has 0 fully saturated rings. The van der Waals surface area contributed by atoms with Gasteiger partial charge >= 0.3 is 0 Å². The molecule has 1 N–H and O–H groups in total. The van der Waals surface area contributed by atoms with Gasteiger partial charge in [0.1, 0.15) is 0 Å². The molecule has 0 saturated heterocycles. The standard InChI is InChI=1S/C14H9ClN/c15-12-7-5-10(6-8-12)14-9-11-3-1-2-4-13(11)16-14/h1-8,16H. The number of hydrogen-bond acceptors (Lipinski definition) is 0. The summed E-state index contributed by atoms with van der Waals surface area (Å²) >= 11 is 5.86. The average molecular weight is 227 g/mol. The van der Waals surface area contributed by atoms with E-state index < -0.39 is 0 Å². The summed E-state index contributed by atoms with van der Waals surface area (Å²) in [5.41, 5.74) is 3.20. The molecular formula is C14H9ClN. The average Bonchev–Trinajstić information content (AvgIpc) is 2.73. The van der Waals surface area contributed by atoms with Crippen molar-refractivity contribution in [3.63, 3.8) is 0 Å². The van der Waals surface area contributed by atoms with Crippen LogP contribution in [0.2, 0.25) is 5.02 Å². The zero-order valence-electron chi connectivity index (χ0n) is 8.50. The first-order valence-corrected chi connectivity index (χ1v) is 5.47. The lowest BCUT2D eigenvalue weighted by Gasteiger charge is -1.96. The summed E-state index contributed by atoms with van der Waals surface area (Å²) in [5.74, 6) is 0. The smallest absolute Gasteiger partial charge is 0.0545 e. The molecular weight excluding hydrogens is 218 g/mol. The third-order valence-corrected chi connectivity index (χ3v) is 2.83. The number of fused-ring (bicyclic) bond motifs is 1. The molecule has 0 bridgehead atoms. The van der Waals surface area contributed by atoms with Crippen molar-refractivity contribution in [1.82, 2.24) is 4.98 Å². The topological polar surface area (TPSA) is 15.8 Å². The fourth-order valence-corrected chi connectivity index (χ4v) is 1.89. The minimum atomic E-state index is 0.750. The van der Waals surface area contributed by atoms with Gasteiger partial charge in [-0.05, 0) is 23.8 Å². The Balaban J connectivity index is 2.15. The van der Waals surface area contributed by atoms with Crippen LogP contribution in [0.5, 0.6) is 0 Å². The van der Waals surface area contributed by atoms with Crippen molar-refractivity contribution < 1.29 is 0 Å². The van der Waals surface area contributed by atoms with E-state index in [1.54, 1.807) is 0 Å². The molecule has 0 aliphatic carbocycles. The molecule has 0 aliphatic heterocycles.